The molecule has 0 bridgehead atoms. The van der Waals surface area contributed by atoms with E-state index in [1.165, 1.54) is 6.33 Å². The number of carbonyl (C=O) groups excluding carboxylic acids is 1. The summed E-state index contributed by atoms with van der Waals surface area (Å²) in [4.78, 5) is 22.3. The van der Waals surface area contributed by atoms with Crippen LogP contribution in [0.3, 0.4) is 0 Å². The maximum absolute atomic E-state index is 13.7. The third-order valence-corrected chi connectivity index (χ3v) is 6.35. The molecule has 0 saturated carbocycles. The van der Waals surface area contributed by atoms with E-state index in [1.54, 1.807) is 0 Å². The Labute approximate surface area is 222 Å². The highest BCUT2D eigenvalue weighted by Crippen LogP contribution is 2.35. The zero-order chi connectivity index (χ0) is 26.5. The Morgan fingerprint density at radius 1 is 0.868 bits per heavy atom. The van der Waals surface area contributed by atoms with Crippen molar-refractivity contribution in [3.05, 3.63) is 114 Å². The second-order valence-electron chi connectivity index (χ2n) is 9.43. The van der Waals surface area contributed by atoms with Crippen molar-refractivity contribution >= 4 is 22.8 Å². The first-order chi connectivity index (χ1) is 18.5. The van der Waals surface area contributed by atoms with Crippen molar-refractivity contribution in [1.29, 1.82) is 0 Å². The third-order valence-electron chi connectivity index (χ3n) is 6.35. The van der Waals surface area contributed by atoms with Gasteiger partial charge in [-0.25, -0.2) is 9.97 Å². The van der Waals surface area contributed by atoms with Crippen molar-refractivity contribution in [2.75, 3.05) is 5.32 Å². The lowest BCUT2D eigenvalue weighted by atomic mass is 9.98. The molecule has 0 aliphatic rings. The minimum absolute atomic E-state index is 0.121. The van der Waals surface area contributed by atoms with Crippen molar-refractivity contribution in [2.45, 2.75) is 33.0 Å². The molecule has 1 N–H and O–H groups in total. The van der Waals surface area contributed by atoms with Crippen LogP contribution in [0.15, 0.2) is 91.4 Å². The highest BCUT2D eigenvalue weighted by Gasteiger charge is 2.21. The van der Waals surface area contributed by atoms with E-state index in [0.29, 0.717) is 36.1 Å². The molecule has 3 aromatic carbocycles. The van der Waals surface area contributed by atoms with Gasteiger partial charge in [0.2, 0.25) is 0 Å². The summed E-state index contributed by atoms with van der Waals surface area (Å²) in [6.45, 7) is 4.89. The molecule has 2 aromatic heterocycles. The molecule has 0 radical (unpaired) electrons. The number of ether oxygens (including phenoxy) is 2. The fraction of sp³-hybridized carbons (Fsp3) is 0.194. The van der Waals surface area contributed by atoms with Crippen LogP contribution in [0.1, 0.15) is 46.8 Å². The minimum atomic E-state index is -0.312. The monoisotopic (exact) mass is 506 g/mol. The minimum Gasteiger partial charge on any atom is -0.488 e. The van der Waals surface area contributed by atoms with E-state index in [0.717, 1.165) is 27.7 Å². The van der Waals surface area contributed by atoms with Gasteiger partial charge in [-0.15, -0.1) is 0 Å². The first-order valence-corrected chi connectivity index (χ1v) is 12.6. The summed E-state index contributed by atoms with van der Waals surface area (Å²) in [7, 11) is 1.90. The number of benzene rings is 3. The molecule has 0 unspecified atom stereocenters. The molecular weight excluding hydrogens is 476 g/mol. The molecule has 5 aromatic rings. The average molecular weight is 507 g/mol. The Morgan fingerprint density at radius 3 is 2.13 bits per heavy atom. The van der Waals surface area contributed by atoms with E-state index in [9.17, 15) is 4.79 Å². The smallest absolute Gasteiger partial charge is 0.260 e. The number of aromatic nitrogens is 3. The number of hydrogen-bond donors (Lipinski definition) is 1. The molecule has 5 rings (SSSR count). The molecule has 0 fully saturated rings. The zero-order valence-electron chi connectivity index (χ0n) is 21.7. The van der Waals surface area contributed by atoms with Gasteiger partial charge in [-0.2, -0.15) is 0 Å². The molecule has 0 spiro atoms. The molecule has 7 heteroatoms. The van der Waals surface area contributed by atoms with Gasteiger partial charge < -0.3 is 19.4 Å². The lowest BCUT2D eigenvalue weighted by molar-refractivity contribution is 0.102. The normalized spacial score (nSPS) is 11.1. The van der Waals surface area contributed by atoms with Gasteiger partial charge in [0.05, 0.1) is 10.9 Å². The largest absolute Gasteiger partial charge is 0.488 e. The van der Waals surface area contributed by atoms with Crippen molar-refractivity contribution in [3.8, 4) is 11.5 Å². The lowest BCUT2D eigenvalue weighted by Crippen LogP contribution is -2.16. The van der Waals surface area contributed by atoms with Crippen LogP contribution in [-0.4, -0.2) is 20.4 Å². The van der Waals surface area contributed by atoms with Crippen molar-refractivity contribution in [1.82, 2.24) is 14.5 Å². The second kappa shape index (κ2) is 11.2. The number of hydrogen-bond acceptors (Lipinski definition) is 5. The highest BCUT2D eigenvalue weighted by molar-refractivity contribution is 6.09. The number of nitrogens with one attached hydrogen (secondary N) is 1. The quantitative estimate of drug-likeness (QED) is 0.247. The molecule has 0 saturated heterocycles. The molecular formula is C31H30N4O3. The molecule has 0 aliphatic carbocycles. The van der Waals surface area contributed by atoms with E-state index in [4.69, 9.17) is 9.47 Å². The predicted molar refractivity (Wildman–Crippen MR) is 149 cm³/mol. The predicted octanol–water partition coefficient (Wildman–Crippen LogP) is 6.50. The van der Waals surface area contributed by atoms with Crippen molar-refractivity contribution in [2.24, 2.45) is 7.05 Å². The van der Waals surface area contributed by atoms with Crippen LogP contribution in [0.4, 0.5) is 5.82 Å². The van der Waals surface area contributed by atoms with Crippen LogP contribution in [0.25, 0.3) is 11.0 Å². The van der Waals surface area contributed by atoms with E-state index >= 15 is 0 Å². The zero-order valence-corrected chi connectivity index (χ0v) is 21.7. The van der Waals surface area contributed by atoms with E-state index < -0.39 is 0 Å². The highest BCUT2D eigenvalue weighted by atomic mass is 16.5. The summed E-state index contributed by atoms with van der Waals surface area (Å²) < 4.78 is 14.4. The second-order valence-corrected chi connectivity index (χ2v) is 9.43. The SMILES string of the molecule is CC(C)c1cc(C(=O)Nc2ncnc3c2ccn3C)c(OCc2ccccc2)cc1OCc1ccccc1. The van der Waals surface area contributed by atoms with Gasteiger partial charge in [0.1, 0.15) is 42.5 Å². The molecule has 7 nitrogen and oxygen atoms in total. The van der Waals surface area contributed by atoms with E-state index in [-0.39, 0.29) is 11.8 Å². The van der Waals surface area contributed by atoms with Crippen LogP contribution in [0, 0.1) is 0 Å². The third kappa shape index (κ3) is 5.52. The first-order valence-electron chi connectivity index (χ1n) is 12.6. The summed E-state index contributed by atoms with van der Waals surface area (Å²) in [5.41, 5.74) is 4.14. The van der Waals surface area contributed by atoms with Gasteiger partial charge in [-0.05, 0) is 34.7 Å². The van der Waals surface area contributed by atoms with Crippen LogP contribution < -0.4 is 14.8 Å². The standard InChI is InChI=1S/C31H30N4O3/c1-21(2)25-16-26(31(36)34-29-24-14-15-35(3)30(24)33-20-32-29)28(38-19-23-12-8-5-9-13-23)17-27(25)37-18-22-10-6-4-7-11-22/h4-17,20-21H,18-19H2,1-3H3,(H,32,33,34,36). The summed E-state index contributed by atoms with van der Waals surface area (Å²) >= 11 is 0. The maximum Gasteiger partial charge on any atom is 0.260 e. The summed E-state index contributed by atoms with van der Waals surface area (Å²) in [6.07, 6.45) is 3.34. The Kier molecular flexibility index (Phi) is 7.35. The molecule has 0 atom stereocenters. The number of fused-ring (bicyclic) bond motifs is 1. The van der Waals surface area contributed by atoms with Crippen LogP contribution in [0.2, 0.25) is 0 Å². The van der Waals surface area contributed by atoms with Crippen LogP contribution in [0.5, 0.6) is 11.5 Å². The first kappa shape index (κ1) is 25.0. The van der Waals surface area contributed by atoms with Crippen molar-refractivity contribution < 1.29 is 14.3 Å². The van der Waals surface area contributed by atoms with Crippen molar-refractivity contribution in [3.63, 3.8) is 0 Å². The van der Waals surface area contributed by atoms with Gasteiger partial charge >= 0.3 is 0 Å². The molecule has 192 valence electrons. The maximum atomic E-state index is 13.7. The van der Waals surface area contributed by atoms with E-state index in [1.807, 2.05) is 96.7 Å². The van der Waals surface area contributed by atoms with E-state index in [2.05, 4.69) is 29.1 Å². The summed E-state index contributed by atoms with van der Waals surface area (Å²) in [6, 6.07) is 25.4. The molecule has 2 heterocycles. The Bertz CT molecular complexity index is 1550. The number of nitrogens with zero attached hydrogens (tertiary/aromatic N) is 3. The Morgan fingerprint density at radius 2 is 1.50 bits per heavy atom. The molecule has 1 amide bonds. The molecule has 38 heavy (non-hydrogen) atoms. The van der Waals surface area contributed by atoms with Crippen LogP contribution >= 0.6 is 0 Å². The lowest BCUT2D eigenvalue weighted by Gasteiger charge is -2.19. The van der Waals surface area contributed by atoms with Crippen LogP contribution in [-0.2, 0) is 20.3 Å². The number of carbonyl (C=O) groups is 1. The van der Waals surface area contributed by atoms with Gasteiger partial charge in [0.25, 0.3) is 5.91 Å². The van der Waals surface area contributed by atoms with Gasteiger partial charge in [-0.3, -0.25) is 4.79 Å². The average Bonchev–Trinajstić information content (AvgIpc) is 3.33. The fourth-order valence-corrected chi connectivity index (χ4v) is 4.27. The Hall–Kier alpha value is -4.65. The topological polar surface area (TPSA) is 78.3 Å². The van der Waals surface area contributed by atoms with Gasteiger partial charge in [-0.1, -0.05) is 74.5 Å². The van der Waals surface area contributed by atoms with Gasteiger partial charge in [0.15, 0.2) is 0 Å². The summed E-state index contributed by atoms with van der Waals surface area (Å²) in [5.74, 6) is 1.39. The number of rotatable bonds is 9. The van der Waals surface area contributed by atoms with Gasteiger partial charge in [0, 0.05) is 19.3 Å². The summed E-state index contributed by atoms with van der Waals surface area (Å²) in [5, 5.41) is 3.74. The fourth-order valence-electron chi connectivity index (χ4n) is 4.27. The molecule has 0 aliphatic heterocycles. The number of amides is 1. The number of anilines is 1. The number of aryl methyl sites for hydroxylation is 1. The Balaban J connectivity index is 1.50.